The number of rotatable bonds is 5. The number of carbonyl (C=O) groups is 2. The Labute approximate surface area is 156 Å². The van der Waals surface area contributed by atoms with E-state index in [1.165, 1.54) is 11.0 Å². The van der Waals surface area contributed by atoms with Crippen molar-refractivity contribution in [2.45, 2.75) is 52.2 Å². The second-order valence-corrected chi connectivity index (χ2v) is 6.80. The summed E-state index contributed by atoms with van der Waals surface area (Å²) in [5.74, 6) is -0.919. The molecule has 0 saturated carbocycles. The summed E-state index contributed by atoms with van der Waals surface area (Å²) >= 11 is 0. The Hall–Kier alpha value is -2.83. The van der Waals surface area contributed by atoms with Crippen LogP contribution in [0.4, 0.5) is 0 Å². The maximum absolute atomic E-state index is 12.7. The molecule has 1 N–H and O–H groups in total. The zero-order valence-corrected chi connectivity index (χ0v) is 15.7. The summed E-state index contributed by atoms with van der Waals surface area (Å²) in [5, 5.41) is 10.1. The first-order valence-corrected chi connectivity index (χ1v) is 9.09. The van der Waals surface area contributed by atoms with Gasteiger partial charge in [-0.05, 0) is 50.8 Å². The largest absolute Gasteiger partial charge is 0.480 e. The number of carbonyl (C=O) groups excluding carboxylic acids is 1. The molecule has 1 aromatic heterocycles. The minimum absolute atomic E-state index is 0.358. The molecule has 1 aromatic carbocycles. The van der Waals surface area contributed by atoms with Gasteiger partial charge in [-0.2, -0.15) is 0 Å². The van der Waals surface area contributed by atoms with Gasteiger partial charge in [0.1, 0.15) is 17.4 Å². The highest BCUT2D eigenvalue weighted by atomic mass is 16.5. The third-order valence-electron chi connectivity index (χ3n) is 5.05. The van der Waals surface area contributed by atoms with Crippen molar-refractivity contribution in [1.29, 1.82) is 0 Å². The molecule has 2 heterocycles. The molecule has 0 spiro atoms. The predicted octanol–water partition coefficient (Wildman–Crippen LogP) is 2.51. The molecular formula is C20H23NO6. The van der Waals surface area contributed by atoms with Crippen LogP contribution >= 0.6 is 0 Å². The van der Waals surface area contributed by atoms with Crippen molar-refractivity contribution in [1.82, 2.24) is 4.90 Å². The van der Waals surface area contributed by atoms with Crippen molar-refractivity contribution in [2.24, 2.45) is 0 Å². The van der Waals surface area contributed by atoms with Crippen LogP contribution in [0.15, 0.2) is 27.4 Å². The molecule has 0 radical (unpaired) electrons. The molecule has 1 aliphatic heterocycles. The number of ether oxygens (including phenoxy) is 1. The van der Waals surface area contributed by atoms with Crippen LogP contribution in [0, 0.1) is 6.92 Å². The van der Waals surface area contributed by atoms with E-state index in [9.17, 15) is 19.5 Å². The number of amides is 1. The SMILES string of the molecule is CCc1cc(=O)oc2c(C)c(O[C@@H](C)C(=O)N3CCC[C@@H]3C(=O)O)ccc12. The summed E-state index contributed by atoms with van der Waals surface area (Å²) in [6, 6.07) is 4.24. The van der Waals surface area contributed by atoms with Gasteiger partial charge >= 0.3 is 11.6 Å². The molecule has 7 heteroatoms. The number of aryl methyl sites for hydroxylation is 2. The lowest BCUT2D eigenvalue weighted by Gasteiger charge is -2.25. The van der Waals surface area contributed by atoms with Gasteiger partial charge < -0.3 is 19.2 Å². The highest BCUT2D eigenvalue weighted by Gasteiger charge is 2.36. The maximum Gasteiger partial charge on any atom is 0.336 e. The number of hydrogen-bond acceptors (Lipinski definition) is 5. The highest BCUT2D eigenvalue weighted by molar-refractivity contribution is 5.88. The summed E-state index contributed by atoms with van der Waals surface area (Å²) in [6.07, 6.45) is 0.966. The topological polar surface area (TPSA) is 97.0 Å². The number of carboxylic acids is 1. The van der Waals surface area contributed by atoms with E-state index < -0.39 is 23.7 Å². The molecule has 3 rings (SSSR count). The van der Waals surface area contributed by atoms with E-state index in [0.29, 0.717) is 42.7 Å². The molecule has 1 saturated heterocycles. The van der Waals surface area contributed by atoms with Crippen molar-refractivity contribution in [3.05, 3.63) is 39.7 Å². The van der Waals surface area contributed by atoms with Crippen LogP contribution in [0.3, 0.4) is 0 Å². The molecule has 0 bridgehead atoms. The zero-order chi connectivity index (χ0) is 19.7. The quantitative estimate of drug-likeness (QED) is 0.809. The number of benzene rings is 1. The van der Waals surface area contributed by atoms with Gasteiger partial charge in [0.2, 0.25) is 0 Å². The molecule has 1 amide bonds. The molecule has 27 heavy (non-hydrogen) atoms. The van der Waals surface area contributed by atoms with Gasteiger partial charge in [-0.15, -0.1) is 0 Å². The fourth-order valence-corrected chi connectivity index (χ4v) is 3.59. The van der Waals surface area contributed by atoms with Crippen LogP contribution in [0.2, 0.25) is 0 Å². The molecule has 2 aromatic rings. The average molecular weight is 373 g/mol. The zero-order valence-electron chi connectivity index (χ0n) is 15.7. The summed E-state index contributed by atoms with van der Waals surface area (Å²) < 4.78 is 11.2. The Morgan fingerprint density at radius 1 is 1.41 bits per heavy atom. The maximum atomic E-state index is 12.7. The van der Waals surface area contributed by atoms with E-state index in [2.05, 4.69) is 0 Å². The fraction of sp³-hybridized carbons (Fsp3) is 0.450. The van der Waals surface area contributed by atoms with Gasteiger partial charge in [0.25, 0.3) is 5.91 Å². The standard InChI is InChI=1S/C20H23NO6/c1-4-13-10-17(22)27-18-11(2)16(8-7-14(13)18)26-12(3)19(23)21-9-5-6-15(21)20(24)25/h7-8,10,12,15H,4-6,9H2,1-3H3,(H,24,25)/t12-,15+/m0/s1. The second-order valence-electron chi connectivity index (χ2n) is 6.80. The summed E-state index contributed by atoms with van der Waals surface area (Å²) in [5.41, 5.74) is 1.54. The number of nitrogens with zero attached hydrogens (tertiary/aromatic N) is 1. The van der Waals surface area contributed by atoms with Crippen molar-refractivity contribution >= 4 is 22.8 Å². The van der Waals surface area contributed by atoms with E-state index in [-0.39, 0.29) is 5.91 Å². The Bertz CT molecular complexity index is 947. The summed E-state index contributed by atoms with van der Waals surface area (Å²) in [4.78, 5) is 37.1. The lowest BCUT2D eigenvalue weighted by Crippen LogP contribution is -2.46. The molecule has 7 nitrogen and oxygen atoms in total. The van der Waals surface area contributed by atoms with Crippen LogP contribution < -0.4 is 10.4 Å². The Morgan fingerprint density at radius 3 is 2.81 bits per heavy atom. The molecule has 1 fully saturated rings. The highest BCUT2D eigenvalue weighted by Crippen LogP contribution is 2.30. The van der Waals surface area contributed by atoms with Crippen LogP contribution in [0.1, 0.15) is 37.8 Å². The summed E-state index contributed by atoms with van der Waals surface area (Å²) in [6.45, 7) is 5.74. The third-order valence-corrected chi connectivity index (χ3v) is 5.05. The van der Waals surface area contributed by atoms with E-state index in [4.69, 9.17) is 9.15 Å². The van der Waals surface area contributed by atoms with Gasteiger partial charge in [-0.1, -0.05) is 6.92 Å². The molecule has 2 atom stereocenters. The molecule has 144 valence electrons. The van der Waals surface area contributed by atoms with E-state index in [0.717, 1.165) is 10.9 Å². The predicted molar refractivity (Wildman–Crippen MR) is 99.1 cm³/mol. The lowest BCUT2D eigenvalue weighted by atomic mass is 10.0. The molecule has 0 aliphatic carbocycles. The smallest absolute Gasteiger partial charge is 0.336 e. The van der Waals surface area contributed by atoms with E-state index >= 15 is 0 Å². The van der Waals surface area contributed by atoms with Crippen molar-refractivity contribution in [2.75, 3.05) is 6.54 Å². The fourth-order valence-electron chi connectivity index (χ4n) is 3.59. The third kappa shape index (κ3) is 3.54. The van der Waals surface area contributed by atoms with E-state index in [1.807, 2.05) is 13.0 Å². The normalized spacial score (nSPS) is 17.9. The first-order chi connectivity index (χ1) is 12.8. The van der Waals surface area contributed by atoms with Gasteiger partial charge in [-0.3, -0.25) is 4.79 Å². The first kappa shape index (κ1) is 18.9. The number of fused-ring (bicyclic) bond motifs is 1. The Morgan fingerprint density at radius 2 is 2.15 bits per heavy atom. The first-order valence-electron chi connectivity index (χ1n) is 9.09. The number of aliphatic carboxylic acids is 1. The summed E-state index contributed by atoms with van der Waals surface area (Å²) in [7, 11) is 0. The van der Waals surface area contributed by atoms with E-state index in [1.54, 1.807) is 19.9 Å². The van der Waals surface area contributed by atoms with Gasteiger partial charge in [0, 0.05) is 23.6 Å². The molecular weight excluding hydrogens is 350 g/mol. The minimum Gasteiger partial charge on any atom is -0.480 e. The Kier molecular flexibility index (Phi) is 5.21. The van der Waals surface area contributed by atoms with Gasteiger partial charge in [0.05, 0.1) is 0 Å². The van der Waals surface area contributed by atoms with Crippen LogP contribution in [0.5, 0.6) is 5.75 Å². The lowest BCUT2D eigenvalue weighted by molar-refractivity contribution is -0.150. The van der Waals surface area contributed by atoms with Crippen LogP contribution in [0.25, 0.3) is 11.0 Å². The second kappa shape index (κ2) is 7.42. The van der Waals surface area contributed by atoms with Crippen LogP contribution in [-0.4, -0.2) is 40.6 Å². The van der Waals surface area contributed by atoms with Gasteiger partial charge in [0.15, 0.2) is 6.10 Å². The minimum atomic E-state index is -0.996. The number of likely N-dealkylation sites (tertiary alicyclic amines) is 1. The van der Waals surface area contributed by atoms with Gasteiger partial charge in [-0.25, -0.2) is 9.59 Å². The number of hydrogen-bond donors (Lipinski definition) is 1. The Balaban J connectivity index is 1.88. The van der Waals surface area contributed by atoms with Crippen molar-refractivity contribution in [3.8, 4) is 5.75 Å². The van der Waals surface area contributed by atoms with Crippen LogP contribution in [-0.2, 0) is 16.0 Å². The van der Waals surface area contributed by atoms with Crippen molar-refractivity contribution < 1.29 is 23.8 Å². The average Bonchev–Trinajstić information content (AvgIpc) is 3.13. The monoisotopic (exact) mass is 373 g/mol. The number of carboxylic acid groups (broad SMARTS) is 1. The molecule has 1 aliphatic rings. The molecule has 0 unspecified atom stereocenters. The van der Waals surface area contributed by atoms with Crippen molar-refractivity contribution in [3.63, 3.8) is 0 Å².